The van der Waals surface area contributed by atoms with Gasteiger partial charge in [-0.1, -0.05) is 53.5 Å². The number of aromatic carboxylic acids is 2. The molecule has 0 bridgehead atoms. The second-order valence-corrected chi connectivity index (χ2v) is 12.3. The molecular weight excluding hydrogens is 635 g/mol. The monoisotopic (exact) mass is 648 g/mol. The molecule has 42 heavy (non-hydrogen) atoms. The zero-order valence-corrected chi connectivity index (χ0v) is 23.6. The van der Waals surface area contributed by atoms with Gasteiger partial charge in [0.1, 0.15) is 15.4 Å². The van der Waals surface area contributed by atoms with E-state index in [1.807, 2.05) is 0 Å². The van der Waals surface area contributed by atoms with Crippen molar-refractivity contribution in [3.05, 3.63) is 82.1 Å². The second-order valence-electron chi connectivity index (χ2n) is 8.73. The predicted molar refractivity (Wildman–Crippen MR) is 151 cm³/mol. The van der Waals surface area contributed by atoms with Crippen molar-refractivity contribution < 1.29 is 45.7 Å². The molecule has 2 heterocycles. The van der Waals surface area contributed by atoms with Crippen molar-refractivity contribution in [1.82, 2.24) is 9.97 Å². The molecule has 5 aromatic rings. The van der Waals surface area contributed by atoms with Crippen LogP contribution in [0.25, 0.3) is 44.1 Å². The van der Waals surface area contributed by atoms with Crippen LogP contribution < -0.4 is 0 Å². The summed E-state index contributed by atoms with van der Waals surface area (Å²) in [6.45, 7) is 0. The SMILES string of the molecule is O=C(O)c1nc2c(c(-c3cccc(Cl)c3S(=O)(=O)O)cc3cccnc32)c(-c2cccc(Cl)c2S(=O)(=O)O)c1C(=O)O. The van der Waals surface area contributed by atoms with Gasteiger partial charge in [0.15, 0.2) is 5.69 Å². The first-order chi connectivity index (χ1) is 19.6. The fourth-order valence-corrected chi connectivity index (χ4v) is 7.24. The molecule has 0 aliphatic carbocycles. The van der Waals surface area contributed by atoms with E-state index in [-0.39, 0.29) is 32.9 Å². The molecule has 4 N–H and O–H groups in total. The number of hydrogen-bond acceptors (Lipinski definition) is 8. The Morgan fingerprint density at radius 3 is 1.83 bits per heavy atom. The lowest BCUT2D eigenvalue weighted by molar-refractivity contribution is 0.0647. The molecule has 0 saturated carbocycles. The number of aromatic nitrogens is 2. The summed E-state index contributed by atoms with van der Waals surface area (Å²) in [5.74, 6) is -3.66. The van der Waals surface area contributed by atoms with E-state index >= 15 is 0 Å². The summed E-state index contributed by atoms with van der Waals surface area (Å²) in [6.07, 6.45) is 1.33. The van der Waals surface area contributed by atoms with Crippen LogP contribution in [0, 0.1) is 0 Å². The first-order valence-corrected chi connectivity index (χ1v) is 15.0. The van der Waals surface area contributed by atoms with Crippen LogP contribution in [-0.4, -0.2) is 58.1 Å². The van der Waals surface area contributed by atoms with E-state index in [1.165, 1.54) is 48.7 Å². The lowest BCUT2D eigenvalue weighted by atomic mass is 9.88. The standard InChI is InChI=1S/C26H14Cl2N2O10S2/c27-15-7-1-5-12(23(15)41(35,36)37)14-10-11-4-3-9-29-20(11)21-18(14)17(19(25(31)32)22(30-21)26(33)34)13-6-2-8-16(28)24(13)42(38,39)40/h1-10H,(H,31,32)(H,33,34)(H,35,36,37)(H,38,39,40). The Bertz CT molecular complexity index is 2240. The normalized spacial score (nSPS) is 12.1. The summed E-state index contributed by atoms with van der Waals surface area (Å²) in [7, 11) is -10.2. The molecule has 3 aromatic carbocycles. The van der Waals surface area contributed by atoms with Gasteiger partial charge in [0.25, 0.3) is 20.2 Å². The molecule has 0 spiro atoms. The average molecular weight is 649 g/mol. The number of benzene rings is 3. The summed E-state index contributed by atoms with van der Waals surface area (Å²) < 4.78 is 70.2. The van der Waals surface area contributed by atoms with E-state index < -0.39 is 74.4 Å². The minimum Gasteiger partial charge on any atom is -0.478 e. The van der Waals surface area contributed by atoms with Crippen LogP contribution in [0.3, 0.4) is 0 Å². The fourth-order valence-electron chi connectivity index (χ4n) is 4.77. The molecule has 0 amide bonds. The highest BCUT2D eigenvalue weighted by Gasteiger charge is 2.33. The summed E-state index contributed by atoms with van der Waals surface area (Å²) in [5.41, 5.74) is -3.81. The van der Waals surface area contributed by atoms with E-state index in [2.05, 4.69) is 9.97 Å². The minimum atomic E-state index is -5.18. The number of hydrogen-bond donors (Lipinski definition) is 4. The van der Waals surface area contributed by atoms with Gasteiger partial charge in [-0.15, -0.1) is 0 Å². The van der Waals surface area contributed by atoms with Crippen LogP contribution >= 0.6 is 23.2 Å². The van der Waals surface area contributed by atoms with E-state index in [9.17, 15) is 45.7 Å². The zero-order chi connectivity index (χ0) is 30.7. The molecular formula is C26H14Cl2N2O10S2. The van der Waals surface area contributed by atoms with E-state index in [0.29, 0.717) is 0 Å². The molecule has 214 valence electrons. The van der Waals surface area contributed by atoms with E-state index in [1.54, 1.807) is 0 Å². The molecule has 0 radical (unpaired) electrons. The van der Waals surface area contributed by atoms with Gasteiger partial charge in [0.05, 0.1) is 21.1 Å². The summed E-state index contributed by atoms with van der Waals surface area (Å²) >= 11 is 12.3. The third kappa shape index (κ3) is 4.83. The van der Waals surface area contributed by atoms with Crippen molar-refractivity contribution in [3.63, 3.8) is 0 Å². The van der Waals surface area contributed by atoms with Gasteiger partial charge in [-0.25, -0.2) is 14.6 Å². The predicted octanol–water partition coefficient (Wildman–Crippen LogP) is 5.31. The zero-order valence-electron chi connectivity index (χ0n) is 20.5. The molecule has 0 saturated heterocycles. The Kier molecular flexibility index (Phi) is 7.17. The van der Waals surface area contributed by atoms with Crippen molar-refractivity contribution in [2.75, 3.05) is 0 Å². The van der Waals surface area contributed by atoms with Crippen LogP contribution in [-0.2, 0) is 20.2 Å². The Morgan fingerprint density at radius 2 is 1.29 bits per heavy atom. The van der Waals surface area contributed by atoms with Gasteiger partial charge in [-0.3, -0.25) is 14.1 Å². The maximum absolute atomic E-state index is 12.7. The van der Waals surface area contributed by atoms with E-state index in [4.69, 9.17) is 23.2 Å². The highest BCUT2D eigenvalue weighted by atomic mass is 35.5. The molecule has 0 fully saturated rings. The minimum absolute atomic E-state index is 0.0304. The van der Waals surface area contributed by atoms with Gasteiger partial charge < -0.3 is 10.2 Å². The highest BCUT2D eigenvalue weighted by molar-refractivity contribution is 7.86. The Morgan fingerprint density at radius 1 is 0.714 bits per heavy atom. The van der Waals surface area contributed by atoms with Crippen molar-refractivity contribution in [3.8, 4) is 22.3 Å². The second kappa shape index (κ2) is 10.3. The van der Waals surface area contributed by atoms with Crippen LogP contribution in [0.2, 0.25) is 10.0 Å². The molecule has 0 unspecified atom stereocenters. The van der Waals surface area contributed by atoms with Crippen molar-refractivity contribution in [2.45, 2.75) is 9.79 Å². The van der Waals surface area contributed by atoms with Crippen LogP contribution in [0.1, 0.15) is 20.8 Å². The molecule has 0 atom stereocenters. The maximum atomic E-state index is 12.7. The Labute approximate surface area is 246 Å². The molecule has 0 aliphatic rings. The van der Waals surface area contributed by atoms with Gasteiger partial charge >= 0.3 is 11.9 Å². The van der Waals surface area contributed by atoms with Crippen molar-refractivity contribution in [2.24, 2.45) is 0 Å². The number of carboxylic acids is 2. The third-order valence-corrected chi connectivity index (χ3v) is 9.02. The number of halogens is 2. The van der Waals surface area contributed by atoms with E-state index in [0.717, 1.165) is 12.1 Å². The van der Waals surface area contributed by atoms with Crippen molar-refractivity contribution in [1.29, 1.82) is 0 Å². The van der Waals surface area contributed by atoms with Gasteiger partial charge in [-0.05, 0) is 29.8 Å². The fraction of sp³-hybridized carbons (Fsp3) is 0. The summed E-state index contributed by atoms with van der Waals surface area (Å²) in [4.78, 5) is 31.6. The maximum Gasteiger partial charge on any atom is 0.355 e. The number of carbonyl (C=O) groups is 2. The van der Waals surface area contributed by atoms with Crippen LogP contribution in [0.4, 0.5) is 0 Å². The van der Waals surface area contributed by atoms with Gasteiger partial charge in [0, 0.05) is 33.7 Å². The number of rotatable bonds is 6. The largest absolute Gasteiger partial charge is 0.478 e. The molecule has 2 aromatic heterocycles. The molecule has 0 aliphatic heterocycles. The Hall–Kier alpha value is -4.18. The number of nitrogens with zero attached hydrogens (tertiary/aromatic N) is 2. The lowest BCUT2D eigenvalue weighted by Crippen LogP contribution is -2.15. The number of pyridine rings is 2. The summed E-state index contributed by atoms with van der Waals surface area (Å²) in [6, 6.07) is 11.6. The topological polar surface area (TPSA) is 209 Å². The smallest absolute Gasteiger partial charge is 0.355 e. The third-order valence-electron chi connectivity index (χ3n) is 6.26. The Balaban J connectivity index is 2.23. The van der Waals surface area contributed by atoms with Gasteiger partial charge in [-0.2, -0.15) is 16.8 Å². The molecule has 16 heteroatoms. The average Bonchev–Trinajstić information content (AvgIpc) is 2.89. The lowest BCUT2D eigenvalue weighted by Gasteiger charge is -2.20. The van der Waals surface area contributed by atoms with Crippen molar-refractivity contribution >= 4 is 77.2 Å². The molecule has 5 rings (SSSR count). The molecule has 12 nitrogen and oxygen atoms in total. The van der Waals surface area contributed by atoms with Gasteiger partial charge in [0.2, 0.25) is 0 Å². The van der Waals surface area contributed by atoms with Crippen LogP contribution in [0.5, 0.6) is 0 Å². The first-order valence-electron chi connectivity index (χ1n) is 11.4. The quantitative estimate of drug-likeness (QED) is 0.136. The summed E-state index contributed by atoms with van der Waals surface area (Å²) in [5, 5.41) is 19.3. The number of fused-ring (bicyclic) bond motifs is 3. The number of carboxylic acid groups (broad SMARTS) is 2. The van der Waals surface area contributed by atoms with Crippen LogP contribution in [0.15, 0.2) is 70.6 Å². The highest BCUT2D eigenvalue weighted by Crippen LogP contribution is 2.46. The first kappa shape index (κ1) is 29.3.